The summed E-state index contributed by atoms with van der Waals surface area (Å²) >= 11 is 0. The fourth-order valence-corrected chi connectivity index (χ4v) is 2.54. The molecule has 0 N–H and O–H groups in total. The number of methoxy groups -OCH3 is 1. The van der Waals surface area contributed by atoms with Gasteiger partial charge in [0.05, 0.1) is 26.1 Å². The molecule has 1 aromatic rings. The van der Waals surface area contributed by atoms with Crippen LogP contribution >= 0.6 is 0 Å². The van der Waals surface area contributed by atoms with Crippen molar-refractivity contribution in [1.82, 2.24) is 9.80 Å². The summed E-state index contributed by atoms with van der Waals surface area (Å²) in [4.78, 5) is 27.3. The Morgan fingerprint density at radius 3 is 2.86 bits per heavy atom. The van der Waals surface area contributed by atoms with E-state index < -0.39 is 0 Å². The van der Waals surface area contributed by atoms with Crippen molar-refractivity contribution in [1.29, 1.82) is 0 Å². The van der Waals surface area contributed by atoms with Crippen LogP contribution in [0.2, 0.25) is 0 Å². The smallest absolute Gasteiger partial charge is 0.310 e. The second-order valence-corrected chi connectivity index (χ2v) is 5.51. The zero-order chi connectivity index (χ0) is 15.4. The van der Waals surface area contributed by atoms with E-state index >= 15 is 0 Å². The molecule has 21 heavy (non-hydrogen) atoms. The summed E-state index contributed by atoms with van der Waals surface area (Å²) in [5, 5.41) is 0. The highest BCUT2D eigenvalue weighted by Crippen LogP contribution is 2.17. The fraction of sp³-hybridized carbons (Fsp3) is 0.600. The molecule has 6 heteroatoms. The average Bonchev–Trinajstić information content (AvgIpc) is 3.07. The molecule has 1 fully saturated rings. The Morgan fingerprint density at radius 2 is 2.24 bits per heavy atom. The van der Waals surface area contributed by atoms with E-state index in [0.717, 1.165) is 24.5 Å². The highest BCUT2D eigenvalue weighted by atomic mass is 16.5. The normalized spacial score (nSPS) is 18.7. The van der Waals surface area contributed by atoms with E-state index in [1.165, 1.54) is 7.11 Å². The highest BCUT2D eigenvalue weighted by Gasteiger charge is 2.30. The summed E-state index contributed by atoms with van der Waals surface area (Å²) in [5.74, 6) is 1.34. The molecule has 1 saturated heterocycles. The quantitative estimate of drug-likeness (QED) is 0.759. The van der Waals surface area contributed by atoms with E-state index in [1.54, 1.807) is 11.9 Å². The summed E-state index contributed by atoms with van der Waals surface area (Å²) in [6.45, 7) is 4.00. The van der Waals surface area contributed by atoms with Crippen molar-refractivity contribution in [3.05, 3.63) is 23.7 Å². The number of amides is 1. The van der Waals surface area contributed by atoms with Crippen LogP contribution in [0.4, 0.5) is 0 Å². The van der Waals surface area contributed by atoms with Gasteiger partial charge >= 0.3 is 5.97 Å². The molecule has 0 spiro atoms. The number of hydrogen-bond donors (Lipinski definition) is 0. The zero-order valence-corrected chi connectivity index (χ0v) is 12.8. The Morgan fingerprint density at radius 1 is 1.48 bits per heavy atom. The van der Waals surface area contributed by atoms with Gasteiger partial charge in [-0.2, -0.15) is 0 Å². The van der Waals surface area contributed by atoms with E-state index in [4.69, 9.17) is 9.15 Å². The Hall–Kier alpha value is -1.82. The van der Waals surface area contributed by atoms with Gasteiger partial charge in [-0.15, -0.1) is 0 Å². The lowest BCUT2D eigenvalue weighted by Gasteiger charge is -2.20. The number of rotatable bonds is 5. The Kier molecular flexibility index (Phi) is 5.01. The minimum atomic E-state index is -0.190. The number of ether oxygens (including phenoxy) is 1. The van der Waals surface area contributed by atoms with Gasteiger partial charge < -0.3 is 14.1 Å². The predicted octanol–water partition coefficient (Wildman–Crippen LogP) is 1.04. The predicted molar refractivity (Wildman–Crippen MR) is 76.5 cm³/mol. The first-order chi connectivity index (χ1) is 9.99. The summed E-state index contributed by atoms with van der Waals surface area (Å²) in [7, 11) is 3.16. The Bertz CT molecular complexity index is 512. The van der Waals surface area contributed by atoms with Crippen LogP contribution in [0.25, 0.3) is 0 Å². The van der Waals surface area contributed by atoms with Gasteiger partial charge in [0, 0.05) is 13.6 Å². The first-order valence-electron chi connectivity index (χ1n) is 7.09. The molecule has 1 amide bonds. The fourth-order valence-electron chi connectivity index (χ4n) is 2.54. The number of hydrogen-bond acceptors (Lipinski definition) is 5. The van der Waals surface area contributed by atoms with Crippen LogP contribution in [0.5, 0.6) is 0 Å². The first kappa shape index (κ1) is 15.6. The van der Waals surface area contributed by atoms with E-state index in [1.807, 2.05) is 24.0 Å². The Labute approximate surface area is 124 Å². The monoisotopic (exact) mass is 294 g/mol. The van der Waals surface area contributed by atoms with Gasteiger partial charge in [-0.3, -0.25) is 14.5 Å². The number of carbonyl (C=O) groups is 2. The lowest BCUT2D eigenvalue weighted by Crippen LogP contribution is -2.37. The van der Waals surface area contributed by atoms with E-state index in [2.05, 4.69) is 0 Å². The second-order valence-electron chi connectivity index (χ2n) is 5.51. The molecule has 0 saturated carbocycles. The van der Waals surface area contributed by atoms with Gasteiger partial charge in [-0.1, -0.05) is 0 Å². The van der Waals surface area contributed by atoms with Crippen LogP contribution in [0.15, 0.2) is 16.5 Å². The van der Waals surface area contributed by atoms with E-state index in [0.29, 0.717) is 19.6 Å². The van der Waals surface area contributed by atoms with Crippen LogP contribution in [-0.4, -0.2) is 55.5 Å². The molecule has 1 atom stereocenters. The van der Waals surface area contributed by atoms with Crippen molar-refractivity contribution < 1.29 is 18.7 Å². The van der Waals surface area contributed by atoms with Crippen LogP contribution in [0, 0.1) is 12.8 Å². The molecular formula is C15H22N2O4. The third kappa shape index (κ3) is 4.07. The van der Waals surface area contributed by atoms with Gasteiger partial charge in [0.25, 0.3) is 0 Å². The molecule has 1 aliphatic rings. The average molecular weight is 294 g/mol. The number of furan rings is 1. The molecule has 1 unspecified atom stereocenters. The van der Waals surface area contributed by atoms with Crippen molar-refractivity contribution in [3.8, 4) is 0 Å². The second kappa shape index (κ2) is 6.76. The molecule has 6 nitrogen and oxygen atoms in total. The molecule has 2 rings (SSSR count). The maximum absolute atomic E-state index is 12.2. The minimum Gasteiger partial charge on any atom is -0.469 e. The SMILES string of the molecule is COC(=O)C1CCN(CC(=O)N(C)Cc2ccc(C)o2)C1. The van der Waals surface area contributed by atoms with Gasteiger partial charge in [0.15, 0.2) is 0 Å². The van der Waals surface area contributed by atoms with Crippen LogP contribution in [-0.2, 0) is 20.9 Å². The molecule has 2 heterocycles. The van der Waals surface area contributed by atoms with Crippen molar-refractivity contribution in [2.75, 3.05) is 33.8 Å². The lowest BCUT2D eigenvalue weighted by molar-refractivity contribution is -0.145. The van der Waals surface area contributed by atoms with Gasteiger partial charge in [0.1, 0.15) is 11.5 Å². The van der Waals surface area contributed by atoms with Crippen LogP contribution in [0.3, 0.4) is 0 Å². The summed E-state index contributed by atoms with van der Waals surface area (Å²) in [6, 6.07) is 3.76. The van der Waals surface area contributed by atoms with Crippen molar-refractivity contribution in [2.45, 2.75) is 19.9 Å². The first-order valence-corrected chi connectivity index (χ1v) is 7.09. The standard InChI is InChI=1S/C15H22N2O4/c1-11-4-5-13(21-11)9-16(2)14(18)10-17-7-6-12(8-17)15(19)20-3/h4-5,12H,6-10H2,1-3H3. The maximum atomic E-state index is 12.2. The summed E-state index contributed by atoms with van der Waals surface area (Å²) < 4.78 is 10.2. The molecule has 1 aromatic heterocycles. The molecule has 0 bridgehead atoms. The lowest BCUT2D eigenvalue weighted by atomic mass is 10.1. The summed E-state index contributed by atoms with van der Waals surface area (Å²) in [6.07, 6.45) is 0.751. The molecule has 116 valence electrons. The largest absolute Gasteiger partial charge is 0.469 e. The highest BCUT2D eigenvalue weighted by molar-refractivity contribution is 5.78. The number of likely N-dealkylation sites (N-methyl/N-ethyl adjacent to an activating group) is 1. The van der Waals surface area contributed by atoms with Crippen molar-refractivity contribution in [2.24, 2.45) is 5.92 Å². The molecule has 0 radical (unpaired) electrons. The third-order valence-corrected chi connectivity index (χ3v) is 3.78. The van der Waals surface area contributed by atoms with E-state index in [9.17, 15) is 9.59 Å². The minimum absolute atomic E-state index is 0.0227. The number of nitrogens with zero attached hydrogens (tertiary/aromatic N) is 2. The van der Waals surface area contributed by atoms with Crippen LogP contribution < -0.4 is 0 Å². The number of aryl methyl sites for hydroxylation is 1. The van der Waals surface area contributed by atoms with Gasteiger partial charge in [-0.25, -0.2) is 0 Å². The molecule has 1 aliphatic heterocycles. The van der Waals surface area contributed by atoms with E-state index in [-0.39, 0.29) is 17.8 Å². The van der Waals surface area contributed by atoms with Crippen molar-refractivity contribution in [3.63, 3.8) is 0 Å². The zero-order valence-electron chi connectivity index (χ0n) is 12.8. The Balaban J connectivity index is 1.80. The summed E-state index contributed by atoms with van der Waals surface area (Å²) in [5.41, 5.74) is 0. The number of carbonyl (C=O) groups excluding carboxylic acids is 2. The topological polar surface area (TPSA) is 63.0 Å². The third-order valence-electron chi connectivity index (χ3n) is 3.78. The number of likely N-dealkylation sites (tertiary alicyclic amines) is 1. The van der Waals surface area contributed by atoms with Crippen LogP contribution in [0.1, 0.15) is 17.9 Å². The number of esters is 1. The van der Waals surface area contributed by atoms with Gasteiger partial charge in [0.2, 0.25) is 5.91 Å². The van der Waals surface area contributed by atoms with Gasteiger partial charge in [-0.05, 0) is 32.0 Å². The van der Waals surface area contributed by atoms with Crippen molar-refractivity contribution >= 4 is 11.9 Å². The molecular weight excluding hydrogens is 272 g/mol. The molecule has 0 aliphatic carbocycles. The molecule has 0 aromatic carbocycles. The maximum Gasteiger partial charge on any atom is 0.310 e.